The van der Waals surface area contributed by atoms with Crippen molar-refractivity contribution in [3.8, 4) is 40.6 Å². The standard InChI is InChI=1S/C66H89N3O14S2/c1-39-10-15-52-42-16-18-65-31-46(14-12-44(65)32-67-19-4-3-17-66(52,65)30-39)83-59-25-41-11-13-45(81-37-70)26-55(73)50(21-40-22-60(79-2)64(78)61(23-40)82-38-71)58(76)35-84-85-62(48(41)27-57(59)75)29-56(74)47-8-5-7-43-33-69(34-51(43)47)36-80-20-6-9-53-49(54(72)24-42)28-63(77)68-53/h5,7-8,22-23,25,27,33-34,39,42,44-46,49-50,52-56,58,62,67,70-76,78H,4,6,9-16,18-21,24,26,28-32,35-38H2,1-2H3,(H,68,77)/t39-,42+,44-,45-,46+,49+,50+,52-,53-,54+,55+,56+,58-,62+,65+,66+/m0/s1. The molecule has 1 amide bonds. The normalized spacial score (nSPS) is 35.1. The number of carbonyl (C=O) groups is 1. The Hall–Kier alpha value is -4.43. The second-order valence-corrected chi connectivity index (χ2v) is 28.4. The number of carbonyl (C=O) groups excluding carboxylic acids is 1. The Kier molecular flexibility index (Phi) is 20.1. The monoisotopic (exact) mass is 1210 g/mol. The van der Waals surface area contributed by atoms with Crippen LogP contribution in [0.3, 0.4) is 0 Å². The van der Waals surface area contributed by atoms with Crippen LogP contribution in [-0.4, -0.2) is 134 Å². The first-order valence-corrected chi connectivity index (χ1v) is 33.6. The van der Waals surface area contributed by atoms with E-state index in [9.17, 15) is 45.6 Å². The molecule has 0 unspecified atom stereocenters. The molecule has 3 aromatic carbocycles. The first-order chi connectivity index (χ1) is 41.2. The van der Waals surface area contributed by atoms with Gasteiger partial charge in [0.25, 0.3) is 0 Å². The van der Waals surface area contributed by atoms with Gasteiger partial charge < -0.3 is 79.7 Å². The molecule has 4 aromatic rings. The average Bonchev–Trinajstić information content (AvgIpc) is 1.59. The smallest absolute Gasteiger partial charge is 0.220 e. The first-order valence-electron chi connectivity index (χ1n) is 31.2. The van der Waals surface area contributed by atoms with Crippen LogP contribution in [0.2, 0.25) is 0 Å². The van der Waals surface area contributed by atoms with Gasteiger partial charge in [0.15, 0.2) is 29.8 Å². The molecule has 10 N–H and O–H groups in total. The van der Waals surface area contributed by atoms with Crippen molar-refractivity contribution in [2.45, 2.75) is 177 Å². The van der Waals surface area contributed by atoms with Crippen molar-refractivity contribution in [3.63, 3.8) is 0 Å². The number of ether oxygens (including phenoxy) is 5. The Morgan fingerprint density at radius 2 is 1.75 bits per heavy atom. The molecule has 17 nitrogen and oxygen atoms in total. The molecular weight excluding hydrogens is 1120 g/mol. The number of aromatic nitrogens is 1. The zero-order valence-corrected chi connectivity index (χ0v) is 50.9. The van der Waals surface area contributed by atoms with Gasteiger partial charge in [0.1, 0.15) is 13.5 Å². The molecule has 4 fully saturated rings. The number of aryl methyl sites for hydroxylation is 1. The van der Waals surface area contributed by atoms with Crippen LogP contribution in [0.4, 0.5) is 0 Å². The number of hydrogen-bond donors (Lipinski definition) is 10. The molecule has 6 aliphatic heterocycles. The zero-order valence-electron chi connectivity index (χ0n) is 49.2. The lowest BCUT2D eigenvalue weighted by atomic mass is 9.38. The third-order valence-corrected chi connectivity index (χ3v) is 23.6. The van der Waals surface area contributed by atoms with Crippen LogP contribution in [0, 0.1) is 58.2 Å². The number of aliphatic hydroxyl groups excluding tert-OH is 6. The summed E-state index contributed by atoms with van der Waals surface area (Å²) < 4.78 is 32.3. The Morgan fingerprint density at radius 1 is 0.894 bits per heavy atom. The quantitative estimate of drug-likeness (QED) is 0.0472. The van der Waals surface area contributed by atoms with Gasteiger partial charge in [-0.2, -0.15) is 0 Å². The Balaban J connectivity index is 0.974. The number of phenolic OH excluding ortho intramolecular Hbond substituents is 2. The molecule has 7 heterocycles. The minimum Gasteiger partial charge on any atom is -0.504 e. The second-order valence-electron chi connectivity index (χ2n) is 25.8. The van der Waals surface area contributed by atoms with E-state index in [1.165, 1.54) is 28.7 Å². The average molecular weight is 1210 g/mol. The van der Waals surface area contributed by atoms with Crippen LogP contribution in [0.1, 0.15) is 143 Å². The highest BCUT2D eigenvalue weighted by atomic mass is 33.1. The number of rotatable bonds is 7. The van der Waals surface area contributed by atoms with E-state index in [0.29, 0.717) is 68.3 Å². The van der Waals surface area contributed by atoms with Crippen molar-refractivity contribution in [2.24, 2.45) is 46.3 Å². The summed E-state index contributed by atoms with van der Waals surface area (Å²) >= 11 is 0. The summed E-state index contributed by atoms with van der Waals surface area (Å²) in [5.74, 6) is 8.50. The minimum absolute atomic E-state index is 0.00730. The number of nitrogens with one attached hydrogen (secondary N) is 2. The number of phenols is 2. The molecular formula is C66H89N3O14S2. The van der Waals surface area contributed by atoms with E-state index in [4.69, 9.17) is 23.7 Å². The summed E-state index contributed by atoms with van der Waals surface area (Å²) in [6, 6.07) is 12.6. The van der Waals surface area contributed by atoms with Gasteiger partial charge in [-0.15, -0.1) is 5.92 Å². The molecule has 16 atom stereocenters. The molecule has 1 saturated heterocycles. The molecule has 19 heteroatoms. The molecule has 464 valence electrons. The van der Waals surface area contributed by atoms with Crippen molar-refractivity contribution in [2.75, 3.05) is 46.1 Å². The van der Waals surface area contributed by atoms with Gasteiger partial charge in [-0.25, -0.2) is 0 Å². The van der Waals surface area contributed by atoms with E-state index in [1.807, 2.05) is 41.2 Å². The minimum atomic E-state index is -1.13. The number of hydrogen-bond acceptors (Lipinski definition) is 17. The molecule has 85 heavy (non-hydrogen) atoms. The van der Waals surface area contributed by atoms with Crippen LogP contribution in [0.5, 0.6) is 28.7 Å². The lowest BCUT2D eigenvalue weighted by Crippen LogP contribution is -2.62. The first kappa shape index (κ1) is 62.2. The summed E-state index contributed by atoms with van der Waals surface area (Å²) in [5.41, 5.74) is 2.43. The van der Waals surface area contributed by atoms with Gasteiger partial charge in [-0.05, 0) is 184 Å². The fraction of sp³-hybridized carbons (Fsp3) is 0.652. The van der Waals surface area contributed by atoms with Crippen molar-refractivity contribution in [1.82, 2.24) is 15.2 Å². The van der Waals surface area contributed by atoms with E-state index in [0.717, 1.165) is 98.3 Å². The number of amides is 1. The Labute approximate surface area is 507 Å². The highest BCUT2D eigenvalue weighted by molar-refractivity contribution is 8.76. The van der Waals surface area contributed by atoms with E-state index >= 15 is 0 Å². The third-order valence-electron chi connectivity index (χ3n) is 20.8. The number of benzene rings is 3. The van der Waals surface area contributed by atoms with E-state index < -0.39 is 55.3 Å². The summed E-state index contributed by atoms with van der Waals surface area (Å²) in [4.78, 5) is 13.2. The molecule has 9 bridgehead atoms. The molecule has 3 aliphatic carbocycles. The predicted molar refractivity (Wildman–Crippen MR) is 326 cm³/mol. The van der Waals surface area contributed by atoms with Crippen LogP contribution in [0.25, 0.3) is 10.8 Å². The second kappa shape index (κ2) is 27.5. The van der Waals surface area contributed by atoms with Crippen molar-refractivity contribution in [3.05, 3.63) is 77.1 Å². The third kappa shape index (κ3) is 13.3. The maximum Gasteiger partial charge on any atom is 0.220 e. The summed E-state index contributed by atoms with van der Waals surface area (Å²) in [6.45, 7) is 3.54. The zero-order chi connectivity index (χ0) is 59.4. The van der Waals surface area contributed by atoms with Crippen LogP contribution >= 0.6 is 21.6 Å². The van der Waals surface area contributed by atoms with E-state index in [1.54, 1.807) is 18.2 Å². The summed E-state index contributed by atoms with van der Waals surface area (Å²) in [7, 11) is 4.30. The summed E-state index contributed by atoms with van der Waals surface area (Å²) in [5, 5.41) is 101. The topological polar surface area (TPSA) is 254 Å². The van der Waals surface area contributed by atoms with Gasteiger partial charge >= 0.3 is 0 Å². The lowest BCUT2D eigenvalue weighted by Gasteiger charge is -2.65. The molecule has 1 aromatic heterocycles. The van der Waals surface area contributed by atoms with Gasteiger partial charge in [-0.3, -0.25) is 4.79 Å². The van der Waals surface area contributed by atoms with Crippen LogP contribution in [-0.2, 0) is 33.8 Å². The lowest BCUT2D eigenvalue weighted by molar-refractivity contribution is -0.160. The highest BCUT2D eigenvalue weighted by Gasteiger charge is 2.65. The molecule has 9 aliphatic rings. The number of nitrogens with zero attached hydrogens (tertiary/aromatic N) is 1. The fourth-order valence-corrected chi connectivity index (χ4v) is 19.7. The number of methoxy groups -OCH3 is 1. The van der Waals surface area contributed by atoms with Crippen molar-refractivity contribution >= 4 is 38.3 Å². The maximum absolute atomic E-state index is 13.2. The number of aromatic hydroxyl groups is 2. The van der Waals surface area contributed by atoms with E-state index in [2.05, 4.69) is 29.4 Å². The molecule has 2 spiro atoms. The molecule has 0 radical (unpaired) electrons. The maximum atomic E-state index is 13.2. The van der Waals surface area contributed by atoms with Gasteiger partial charge in [-0.1, -0.05) is 59.1 Å². The van der Waals surface area contributed by atoms with Gasteiger partial charge in [0, 0.05) is 78.1 Å². The molecule has 3 saturated carbocycles. The SMILES string of the molecule is COc1cc(C[C@@H]2[C@H](O)C[C@@H](OCO)CCc3cc4c(O)cc3[C@@H](C[C@@H](O)c3cccc5cn(cc35)COCCC[C@@H]3NC(=O)C[C@H]3[C@H](O)C[C@H]3CC[C@@]56C[C@@H](CC[C@H]5CNCCC#C[C@]65C[C@@H](C)CC[C@@H]35)O4)SSC[C@@H]2O)cc(OCO)c1O. The summed E-state index contributed by atoms with van der Waals surface area (Å²) in [6.07, 6.45) is 11.0. The Morgan fingerprint density at radius 3 is 2.59 bits per heavy atom. The predicted octanol–water partition coefficient (Wildman–Crippen LogP) is 8.57. The van der Waals surface area contributed by atoms with Crippen LogP contribution < -0.4 is 24.8 Å². The van der Waals surface area contributed by atoms with Crippen molar-refractivity contribution < 1.29 is 69.3 Å². The Bertz CT molecular complexity index is 3010. The van der Waals surface area contributed by atoms with Crippen LogP contribution in [0.15, 0.2) is 54.9 Å². The highest BCUT2D eigenvalue weighted by Crippen LogP contribution is 2.69. The van der Waals surface area contributed by atoms with Gasteiger partial charge in [0.05, 0.1) is 43.7 Å². The fourth-order valence-electron chi connectivity index (χ4n) is 16.8. The van der Waals surface area contributed by atoms with Gasteiger partial charge in [0.2, 0.25) is 11.7 Å². The van der Waals surface area contributed by atoms with Crippen molar-refractivity contribution in [1.29, 1.82) is 0 Å². The largest absolute Gasteiger partial charge is 0.504 e. The molecule has 13 rings (SSSR count). The van der Waals surface area contributed by atoms with E-state index in [-0.39, 0.29) is 101 Å². The number of aliphatic hydroxyl groups is 6.